The fourth-order valence-corrected chi connectivity index (χ4v) is 7.87. The molecule has 5 atom stereocenters. The van der Waals surface area contributed by atoms with Crippen LogP contribution in [0, 0.1) is 11.2 Å². The van der Waals surface area contributed by atoms with Crippen LogP contribution >= 0.6 is 23.2 Å². The van der Waals surface area contributed by atoms with E-state index in [1.54, 1.807) is 12.1 Å². The molecule has 3 fully saturated rings. The second-order valence-electron chi connectivity index (χ2n) is 12.6. The summed E-state index contributed by atoms with van der Waals surface area (Å²) in [7, 11) is 0. The molecular weight excluding hydrogens is 572 g/mol. The van der Waals surface area contributed by atoms with Crippen molar-refractivity contribution < 1.29 is 23.8 Å². The molecule has 2 spiro atoms. The van der Waals surface area contributed by atoms with Crippen LogP contribution < -0.4 is 16.0 Å². The van der Waals surface area contributed by atoms with Gasteiger partial charge in [-0.3, -0.25) is 14.9 Å². The molecule has 2 saturated heterocycles. The van der Waals surface area contributed by atoms with Crippen molar-refractivity contribution in [2.45, 2.75) is 87.4 Å². The predicted molar refractivity (Wildman–Crippen MR) is 151 cm³/mol. The Bertz CT molecular complexity index is 1370. The molecule has 41 heavy (non-hydrogen) atoms. The molecule has 220 valence electrons. The van der Waals surface area contributed by atoms with Gasteiger partial charge in [-0.25, -0.2) is 14.4 Å². The zero-order chi connectivity index (χ0) is 29.2. The third-order valence-electron chi connectivity index (χ3n) is 9.73. The van der Waals surface area contributed by atoms with E-state index >= 15 is 4.39 Å². The Morgan fingerprint density at radius 1 is 1.20 bits per heavy atom. The molecule has 1 aliphatic carbocycles. The first-order chi connectivity index (χ1) is 19.5. The lowest BCUT2D eigenvalue weighted by Gasteiger charge is -2.50. The van der Waals surface area contributed by atoms with Crippen molar-refractivity contribution in [1.82, 2.24) is 20.6 Å². The highest BCUT2D eigenvalue weighted by atomic mass is 35.5. The monoisotopic (exact) mass is 605 g/mol. The fraction of sp³-hybridized carbons (Fsp3) is 0.586. The first-order valence-electron chi connectivity index (χ1n) is 14.1. The van der Waals surface area contributed by atoms with Crippen LogP contribution in [0.5, 0.6) is 0 Å². The lowest BCUT2D eigenvalue weighted by Crippen LogP contribution is -2.61. The summed E-state index contributed by atoms with van der Waals surface area (Å²) in [6.45, 7) is 4.55. The first-order valence-corrected chi connectivity index (χ1v) is 14.9. The maximum absolute atomic E-state index is 15.9. The standard InChI is InChI=1S/C29H34Cl2FN5O4/c1-27(2)8-10-28(11-9-27)29(18-5-6-19(30)35-24(18)36-26(29)40)20(17-7-12-33-23(31)21(17)32)22(37-28)25(39)34-15-3-4-16(13-38)41-14-15/h5-7,12,15-16,20,22,37-38H,3-4,8-11,13-14H2,1-2H3,(H,34,39)(H,35,36,40)/t15-,16+,20+,22-,29-/m1/s1. The van der Waals surface area contributed by atoms with Gasteiger partial charge in [0.05, 0.1) is 31.4 Å². The summed E-state index contributed by atoms with van der Waals surface area (Å²) >= 11 is 12.4. The minimum atomic E-state index is -1.38. The Kier molecular flexibility index (Phi) is 7.30. The van der Waals surface area contributed by atoms with Crippen LogP contribution in [0.1, 0.15) is 69.4 Å². The van der Waals surface area contributed by atoms with Crippen molar-refractivity contribution in [3.63, 3.8) is 0 Å². The summed E-state index contributed by atoms with van der Waals surface area (Å²) in [6.07, 6.45) is 5.13. The van der Waals surface area contributed by atoms with E-state index in [0.717, 1.165) is 12.8 Å². The molecule has 0 unspecified atom stereocenters. The lowest BCUT2D eigenvalue weighted by atomic mass is 9.53. The number of aliphatic hydroxyl groups is 1. The van der Waals surface area contributed by atoms with E-state index in [1.807, 2.05) is 0 Å². The van der Waals surface area contributed by atoms with Crippen LogP contribution in [0.3, 0.4) is 0 Å². The number of hydrogen-bond acceptors (Lipinski definition) is 7. The van der Waals surface area contributed by atoms with E-state index in [0.29, 0.717) is 37.1 Å². The van der Waals surface area contributed by atoms with Crippen LogP contribution in [-0.4, -0.2) is 63.8 Å². The minimum Gasteiger partial charge on any atom is -0.394 e. The molecule has 4 N–H and O–H groups in total. The number of aromatic nitrogens is 2. The van der Waals surface area contributed by atoms with Gasteiger partial charge in [-0.15, -0.1) is 0 Å². The summed E-state index contributed by atoms with van der Waals surface area (Å²) < 4.78 is 21.6. The summed E-state index contributed by atoms with van der Waals surface area (Å²) in [5.41, 5.74) is -1.51. The molecule has 2 aromatic heterocycles. The average molecular weight is 607 g/mol. The van der Waals surface area contributed by atoms with E-state index in [-0.39, 0.29) is 58.5 Å². The molecule has 5 heterocycles. The van der Waals surface area contributed by atoms with Gasteiger partial charge in [-0.05, 0) is 61.6 Å². The Labute approximate surface area is 247 Å². The number of fused-ring (bicyclic) bond motifs is 3. The average Bonchev–Trinajstić information content (AvgIpc) is 3.40. The number of hydrogen-bond donors (Lipinski definition) is 4. The highest BCUT2D eigenvalue weighted by Gasteiger charge is 2.73. The van der Waals surface area contributed by atoms with Gasteiger partial charge < -0.3 is 20.5 Å². The number of carbonyl (C=O) groups excluding carboxylic acids is 2. The Morgan fingerprint density at radius 3 is 2.63 bits per heavy atom. The summed E-state index contributed by atoms with van der Waals surface area (Å²) in [5, 5.41) is 19.0. The maximum Gasteiger partial charge on any atom is 0.238 e. The van der Waals surface area contributed by atoms with Crippen LogP contribution in [0.25, 0.3) is 0 Å². The number of amides is 2. The first kappa shape index (κ1) is 28.7. The van der Waals surface area contributed by atoms with Gasteiger partial charge in [0.2, 0.25) is 11.8 Å². The van der Waals surface area contributed by atoms with Gasteiger partial charge in [-0.1, -0.05) is 43.1 Å². The molecule has 0 bridgehead atoms. The third kappa shape index (κ3) is 4.54. The van der Waals surface area contributed by atoms with E-state index in [9.17, 15) is 14.7 Å². The van der Waals surface area contributed by atoms with Gasteiger partial charge in [-0.2, -0.15) is 0 Å². The minimum absolute atomic E-state index is 0.0357. The number of nitrogens with zero attached hydrogens (tertiary/aromatic N) is 2. The lowest BCUT2D eigenvalue weighted by molar-refractivity contribution is -0.126. The number of nitrogens with one attached hydrogen (secondary N) is 3. The van der Waals surface area contributed by atoms with Crippen molar-refractivity contribution in [2.24, 2.45) is 5.41 Å². The van der Waals surface area contributed by atoms with Gasteiger partial charge in [0.25, 0.3) is 0 Å². The van der Waals surface area contributed by atoms with Crippen LogP contribution in [0.4, 0.5) is 10.2 Å². The number of halogens is 3. The van der Waals surface area contributed by atoms with E-state index in [1.165, 1.54) is 12.3 Å². The van der Waals surface area contributed by atoms with Crippen LogP contribution in [-0.2, 0) is 19.7 Å². The van der Waals surface area contributed by atoms with Crippen molar-refractivity contribution in [1.29, 1.82) is 0 Å². The highest BCUT2D eigenvalue weighted by molar-refractivity contribution is 6.30. The molecule has 1 saturated carbocycles. The quantitative estimate of drug-likeness (QED) is 0.390. The zero-order valence-electron chi connectivity index (χ0n) is 23.0. The van der Waals surface area contributed by atoms with Gasteiger partial charge >= 0.3 is 0 Å². The molecule has 9 nitrogen and oxygen atoms in total. The van der Waals surface area contributed by atoms with E-state index in [4.69, 9.17) is 27.9 Å². The summed E-state index contributed by atoms with van der Waals surface area (Å²) in [4.78, 5) is 36.9. The smallest absolute Gasteiger partial charge is 0.238 e. The molecule has 2 aromatic rings. The second-order valence-corrected chi connectivity index (χ2v) is 13.3. The summed E-state index contributed by atoms with van der Waals surface area (Å²) in [5.74, 6) is -2.13. The Hall–Kier alpha value is -2.37. The molecule has 3 aliphatic heterocycles. The molecular formula is C29H34Cl2FN5O4. The summed E-state index contributed by atoms with van der Waals surface area (Å²) in [6, 6.07) is 3.63. The van der Waals surface area contributed by atoms with Crippen molar-refractivity contribution in [3.05, 3.63) is 51.6 Å². The van der Waals surface area contributed by atoms with Gasteiger partial charge in [0.1, 0.15) is 16.4 Å². The van der Waals surface area contributed by atoms with Gasteiger partial charge in [0.15, 0.2) is 11.0 Å². The maximum atomic E-state index is 15.9. The molecule has 2 amide bonds. The topological polar surface area (TPSA) is 125 Å². The largest absolute Gasteiger partial charge is 0.394 e. The third-order valence-corrected chi connectivity index (χ3v) is 10.2. The van der Waals surface area contributed by atoms with Crippen molar-refractivity contribution >= 4 is 40.8 Å². The number of aliphatic hydroxyl groups excluding tert-OH is 1. The van der Waals surface area contributed by atoms with E-state index < -0.39 is 28.7 Å². The molecule has 0 aromatic carbocycles. The fourth-order valence-electron chi connectivity index (χ4n) is 7.55. The normalized spacial score (nSPS) is 31.7. The molecule has 6 rings (SSSR count). The highest BCUT2D eigenvalue weighted by Crippen LogP contribution is 2.63. The van der Waals surface area contributed by atoms with Crippen LogP contribution in [0.2, 0.25) is 10.3 Å². The Morgan fingerprint density at radius 2 is 1.95 bits per heavy atom. The second kappa shape index (κ2) is 10.4. The predicted octanol–water partition coefficient (Wildman–Crippen LogP) is 3.86. The van der Waals surface area contributed by atoms with E-state index in [2.05, 4.69) is 39.8 Å². The number of carbonyl (C=O) groups is 2. The zero-order valence-corrected chi connectivity index (χ0v) is 24.5. The van der Waals surface area contributed by atoms with Crippen LogP contribution in [0.15, 0.2) is 24.4 Å². The SMILES string of the molecule is CC1(C)CCC2(CC1)N[C@@H](C(=O)N[C@@H]1CC[C@@H](CO)OC1)[C@H](c1ccnc(Cl)c1F)[C@]21C(=O)Nc2nc(Cl)ccc21. The van der Waals surface area contributed by atoms with Crippen molar-refractivity contribution in [2.75, 3.05) is 18.5 Å². The van der Waals surface area contributed by atoms with Crippen molar-refractivity contribution in [3.8, 4) is 0 Å². The number of anilines is 1. The number of pyridine rings is 2. The Balaban J connectivity index is 1.51. The molecule has 12 heteroatoms. The number of ether oxygens (including phenoxy) is 1. The van der Waals surface area contributed by atoms with Gasteiger partial charge in [0, 0.05) is 23.2 Å². The molecule has 0 radical (unpaired) electrons. The number of rotatable bonds is 4. The molecule has 4 aliphatic rings.